The fraction of sp³-hybridized carbons (Fsp3) is 0.261. The molecule has 0 saturated carbocycles. The molecule has 1 aromatic heterocycles. The van der Waals surface area contributed by atoms with Crippen LogP contribution in [0.1, 0.15) is 22.6 Å². The molecular formula is C23H25N4O2P. The second-order valence-electron chi connectivity index (χ2n) is 8.08. The first-order valence-electron chi connectivity index (χ1n) is 9.85. The number of rotatable bonds is 4. The number of hydrogen-bond donors (Lipinski definition) is 1. The van der Waals surface area contributed by atoms with Crippen LogP contribution in [-0.2, 0) is 15.8 Å². The van der Waals surface area contributed by atoms with E-state index < -0.39 is 7.14 Å². The largest absolute Gasteiger partial charge is 0.324 e. The van der Waals surface area contributed by atoms with Crippen LogP contribution in [0.5, 0.6) is 0 Å². The van der Waals surface area contributed by atoms with Gasteiger partial charge in [-0.2, -0.15) is 4.98 Å². The third-order valence-electron chi connectivity index (χ3n) is 5.52. The Morgan fingerprint density at radius 1 is 1.10 bits per heavy atom. The summed E-state index contributed by atoms with van der Waals surface area (Å²) in [6.07, 6.45) is 2.38. The summed E-state index contributed by atoms with van der Waals surface area (Å²) in [6.45, 7) is 5.53. The van der Waals surface area contributed by atoms with Crippen molar-refractivity contribution < 1.29 is 9.36 Å². The smallest absolute Gasteiger partial charge is 0.235 e. The van der Waals surface area contributed by atoms with E-state index in [1.165, 1.54) is 0 Å². The van der Waals surface area contributed by atoms with Crippen LogP contribution < -0.4 is 15.5 Å². The van der Waals surface area contributed by atoms with E-state index in [1.807, 2.05) is 55.5 Å². The van der Waals surface area contributed by atoms with E-state index in [9.17, 15) is 9.36 Å². The highest BCUT2D eigenvalue weighted by molar-refractivity contribution is 7.70. The van der Waals surface area contributed by atoms with E-state index in [2.05, 4.69) is 15.3 Å². The molecular weight excluding hydrogens is 395 g/mol. The standard InChI is InChI=1S/C23H25N4O2P/c1-15-7-5-6-8-19(15)20-13-16-14-24-23(26-21(16)27(2)22(20)28)25-17-9-11-18(12-10-17)30(3,4)29/h5-12,14,20H,13H2,1-4H3,(H,24,25,26). The molecule has 0 aliphatic carbocycles. The van der Waals surface area contributed by atoms with Gasteiger partial charge in [0, 0.05) is 29.8 Å². The summed E-state index contributed by atoms with van der Waals surface area (Å²) in [5.74, 6) is 0.863. The number of hydrogen-bond acceptors (Lipinski definition) is 5. The molecule has 1 atom stereocenters. The Bertz CT molecular complexity index is 1150. The number of carbonyl (C=O) groups excluding carboxylic acids is 1. The summed E-state index contributed by atoms with van der Waals surface area (Å²) in [5.41, 5.74) is 3.91. The van der Waals surface area contributed by atoms with Crippen molar-refractivity contribution in [3.05, 3.63) is 71.4 Å². The lowest BCUT2D eigenvalue weighted by atomic mass is 9.86. The number of benzene rings is 2. The summed E-state index contributed by atoms with van der Waals surface area (Å²) in [7, 11) is -0.528. The van der Waals surface area contributed by atoms with E-state index >= 15 is 0 Å². The Kier molecular flexibility index (Phi) is 5.20. The molecule has 2 heterocycles. The number of amides is 1. The Morgan fingerprint density at radius 3 is 2.47 bits per heavy atom. The molecule has 1 N–H and O–H groups in total. The topological polar surface area (TPSA) is 75.2 Å². The summed E-state index contributed by atoms with van der Waals surface area (Å²) in [5, 5.41) is 4.00. The van der Waals surface area contributed by atoms with Gasteiger partial charge in [0.2, 0.25) is 11.9 Å². The predicted molar refractivity (Wildman–Crippen MR) is 122 cm³/mol. The van der Waals surface area contributed by atoms with Crippen LogP contribution in [0.3, 0.4) is 0 Å². The maximum atomic E-state index is 13.1. The molecule has 30 heavy (non-hydrogen) atoms. The number of anilines is 3. The van der Waals surface area contributed by atoms with Crippen molar-refractivity contribution in [1.82, 2.24) is 9.97 Å². The molecule has 2 aromatic carbocycles. The van der Waals surface area contributed by atoms with Crippen LogP contribution in [0, 0.1) is 6.92 Å². The first-order chi connectivity index (χ1) is 14.2. The molecule has 0 bridgehead atoms. The second-order valence-corrected chi connectivity index (χ2v) is 11.3. The van der Waals surface area contributed by atoms with Crippen molar-refractivity contribution in [3.8, 4) is 0 Å². The third kappa shape index (κ3) is 3.88. The number of nitrogens with zero attached hydrogens (tertiary/aromatic N) is 3. The minimum atomic E-state index is -2.29. The maximum absolute atomic E-state index is 13.1. The van der Waals surface area contributed by atoms with Gasteiger partial charge in [0.05, 0.1) is 5.92 Å². The molecule has 0 fully saturated rings. The minimum absolute atomic E-state index is 0.0347. The predicted octanol–water partition coefficient (Wildman–Crippen LogP) is 4.08. The van der Waals surface area contributed by atoms with E-state index in [0.29, 0.717) is 18.2 Å². The molecule has 6 nitrogen and oxygen atoms in total. The Hall–Kier alpha value is -2.98. The van der Waals surface area contributed by atoms with Gasteiger partial charge in [-0.1, -0.05) is 24.3 Å². The Balaban J connectivity index is 1.59. The summed E-state index contributed by atoms with van der Waals surface area (Å²) < 4.78 is 12.2. The van der Waals surface area contributed by atoms with Crippen molar-refractivity contribution in [1.29, 1.82) is 0 Å². The van der Waals surface area contributed by atoms with Crippen molar-refractivity contribution in [2.75, 3.05) is 30.6 Å². The number of aromatic nitrogens is 2. The van der Waals surface area contributed by atoms with Gasteiger partial charge in [0.1, 0.15) is 13.0 Å². The van der Waals surface area contributed by atoms with Gasteiger partial charge < -0.3 is 9.88 Å². The zero-order valence-corrected chi connectivity index (χ0v) is 18.5. The first kappa shape index (κ1) is 20.3. The van der Waals surface area contributed by atoms with E-state index in [0.717, 1.165) is 27.7 Å². The van der Waals surface area contributed by atoms with Gasteiger partial charge in [0.15, 0.2) is 0 Å². The van der Waals surface area contributed by atoms with Crippen LogP contribution >= 0.6 is 7.14 Å². The number of carbonyl (C=O) groups is 1. The molecule has 0 saturated heterocycles. The van der Waals surface area contributed by atoms with Gasteiger partial charge in [-0.3, -0.25) is 9.69 Å². The summed E-state index contributed by atoms with van der Waals surface area (Å²) in [6, 6.07) is 15.4. The zero-order valence-electron chi connectivity index (χ0n) is 17.6. The second kappa shape index (κ2) is 7.69. The molecule has 1 amide bonds. The molecule has 0 spiro atoms. The summed E-state index contributed by atoms with van der Waals surface area (Å²) >= 11 is 0. The molecule has 7 heteroatoms. The monoisotopic (exact) mass is 420 g/mol. The van der Waals surface area contributed by atoms with Gasteiger partial charge in [0.25, 0.3) is 0 Å². The van der Waals surface area contributed by atoms with Gasteiger partial charge in [-0.15, -0.1) is 0 Å². The highest BCUT2D eigenvalue weighted by atomic mass is 31.2. The van der Waals surface area contributed by atoms with E-state index in [4.69, 9.17) is 0 Å². The highest BCUT2D eigenvalue weighted by Crippen LogP contribution is 2.36. The molecule has 3 aromatic rings. The number of nitrogens with one attached hydrogen (secondary N) is 1. The highest BCUT2D eigenvalue weighted by Gasteiger charge is 2.34. The van der Waals surface area contributed by atoms with Crippen LogP contribution in [-0.4, -0.2) is 36.3 Å². The molecule has 1 aliphatic heterocycles. The lowest BCUT2D eigenvalue weighted by Gasteiger charge is -2.31. The normalized spacial score (nSPS) is 16.3. The van der Waals surface area contributed by atoms with Crippen molar-refractivity contribution in [2.45, 2.75) is 19.3 Å². The van der Waals surface area contributed by atoms with Crippen LogP contribution in [0.4, 0.5) is 17.5 Å². The van der Waals surface area contributed by atoms with Gasteiger partial charge in [-0.25, -0.2) is 4.98 Å². The quantitative estimate of drug-likeness (QED) is 0.644. The number of likely N-dealkylation sites (N-methyl/N-ethyl adjacent to an activating group) is 1. The maximum Gasteiger partial charge on any atom is 0.235 e. The summed E-state index contributed by atoms with van der Waals surface area (Å²) in [4.78, 5) is 23.7. The Morgan fingerprint density at radius 2 is 1.80 bits per heavy atom. The SMILES string of the molecule is Cc1ccccc1C1Cc2cnc(Nc3ccc(P(C)(C)=O)cc3)nc2N(C)C1=O. The average molecular weight is 420 g/mol. The average Bonchev–Trinajstić information content (AvgIpc) is 2.71. The molecule has 4 rings (SSSR count). The first-order valence-corrected chi connectivity index (χ1v) is 12.5. The van der Waals surface area contributed by atoms with Crippen molar-refractivity contribution in [2.24, 2.45) is 0 Å². The molecule has 1 unspecified atom stereocenters. The fourth-order valence-corrected chi connectivity index (χ4v) is 4.66. The third-order valence-corrected chi connectivity index (χ3v) is 7.06. The van der Waals surface area contributed by atoms with Crippen LogP contribution in [0.15, 0.2) is 54.7 Å². The number of fused-ring (bicyclic) bond motifs is 1. The van der Waals surface area contributed by atoms with Gasteiger partial charge >= 0.3 is 0 Å². The molecule has 1 aliphatic rings. The van der Waals surface area contributed by atoms with Crippen LogP contribution in [0.2, 0.25) is 0 Å². The lowest BCUT2D eigenvalue weighted by molar-refractivity contribution is -0.120. The zero-order chi connectivity index (χ0) is 21.5. The lowest BCUT2D eigenvalue weighted by Crippen LogP contribution is -2.38. The number of aryl methyl sites for hydroxylation is 1. The van der Waals surface area contributed by atoms with Crippen molar-refractivity contribution >= 4 is 35.8 Å². The fourth-order valence-electron chi connectivity index (χ4n) is 3.79. The van der Waals surface area contributed by atoms with Gasteiger partial charge in [-0.05, 0) is 62.1 Å². The molecule has 0 radical (unpaired) electrons. The minimum Gasteiger partial charge on any atom is -0.324 e. The van der Waals surface area contributed by atoms with E-state index in [1.54, 1.807) is 31.5 Å². The Labute approximate surface area is 176 Å². The van der Waals surface area contributed by atoms with E-state index in [-0.39, 0.29) is 11.8 Å². The van der Waals surface area contributed by atoms with Crippen molar-refractivity contribution in [3.63, 3.8) is 0 Å². The van der Waals surface area contributed by atoms with Crippen LogP contribution in [0.25, 0.3) is 0 Å². The molecule has 154 valence electrons.